The smallest absolute Gasteiger partial charge is 0.194 e. The molecule has 1 saturated heterocycles. The fraction of sp³-hybridized carbons (Fsp3) is 0.517. The third kappa shape index (κ3) is 7.23. The third-order valence-electron chi connectivity index (χ3n) is 6.98. The Bertz CT molecular complexity index is 931. The van der Waals surface area contributed by atoms with E-state index in [1.54, 1.807) is 12.1 Å². The first-order valence-electron chi connectivity index (χ1n) is 12.8. The Kier molecular flexibility index (Phi) is 10.0. The number of carbonyl (C=O) groups is 2. The predicted octanol–water partition coefficient (Wildman–Crippen LogP) is 4.61. The van der Waals surface area contributed by atoms with E-state index in [2.05, 4.69) is 4.90 Å². The average molecular weight is 481 g/mol. The number of Topliss-reactive ketones (excluding diaryl/α,β-unsaturated/α-hetero) is 2. The summed E-state index contributed by atoms with van der Waals surface area (Å²) in [5.74, 6) is 0.0915. The molecule has 0 bridgehead atoms. The van der Waals surface area contributed by atoms with E-state index in [0.717, 1.165) is 57.6 Å². The van der Waals surface area contributed by atoms with Gasteiger partial charge in [-0.25, -0.2) is 0 Å². The molecule has 0 spiro atoms. The van der Waals surface area contributed by atoms with Crippen LogP contribution in [0.3, 0.4) is 0 Å². The quantitative estimate of drug-likeness (QED) is 0.584. The molecule has 35 heavy (non-hydrogen) atoms. The highest BCUT2D eigenvalue weighted by atomic mass is 16.5. The fourth-order valence-electron chi connectivity index (χ4n) is 4.86. The number of ether oxygens (including phenoxy) is 1. The Morgan fingerprint density at radius 2 is 1.54 bits per heavy atom. The molecule has 2 aromatic carbocycles. The van der Waals surface area contributed by atoms with Crippen LogP contribution in [0.5, 0.6) is 0 Å². The van der Waals surface area contributed by atoms with Crippen LogP contribution in [0, 0.1) is 0 Å². The molecule has 1 atom stereocenters. The SMILES string of the molecule is CCC(C(=O)c1ccc(N2CCOCC2)cc1)N(C)C.O=C(c1ccccc1)C1(O)CCCCC1. The Balaban J connectivity index is 0.000000203. The van der Waals surface area contributed by atoms with Crippen LogP contribution in [0.15, 0.2) is 54.6 Å². The molecule has 1 saturated carbocycles. The molecule has 4 rings (SSSR count). The first kappa shape index (κ1) is 27.1. The van der Waals surface area contributed by atoms with Crippen molar-refractivity contribution in [2.24, 2.45) is 0 Å². The zero-order valence-corrected chi connectivity index (χ0v) is 21.4. The van der Waals surface area contributed by atoms with Crippen molar-refractivity contribution in [3.63, 3.8) is 0 Å². The maximum atomic E-state index is 12.4. The number of rotatable bonds is 7. The van der Waals surface area contributed by atoms with Crippen molar-refractivity contribution in [3.05, 3.63) is 65.7 Å². The highest BCUT2D eigenvalue weighted by molar-refractivity contribution is 6.02. The maximum absolute atomic E-state index is 12.4. The second-order valence-corrected chi connectivity index (χ2v) is 9.69. The molecule has 1 aliphatic carbocycles. The molecule has 1 aliphatic heterocycles. The summed E-state index contributed by atoms with van der Waals surface area (Å²) in [7, 11) is 3.91. The van der Waals surface area contributed by atoms with Gasteiger partial charge in [0.05, 0.1) is 19.3 Å². The number of anilines is 1. The van der Waals surface area contributed by atoms with Gasteiger partial charge in [-0.3, -0.25) is 14.5 Å². The lowest BCUT2D eigenvalue weighted by Crippen LogP contribution is -2.40. The maximum Gasteiger partial charge on any atom is 0.194 e. The molecule has 190 valence electrons. The van der Waals surface area contributed by atoms with Gasteiger partial charge in [0.1, 0.15) is 5.60 Å². The van der Waals surface area contributed by atoms with Crippen molar-refractivity contribution >= 4 is 17.3 Å². The minimum absolute atomic E-state index is 0.0377. The van der Waals surface area contributed by atoms with Gasteiger partial charge in [0.25, 0.3) is 0 Å². The molecule has 6 heteroatoms. The van der Waals surface area contributed by atoms with Gasteiger partial charge in [0.2, 0.25) is 0 Å². The van der Waals surface area contributed by atoms with Gasteiger partial charge in [-0.15, -0.1) is 0 Å². The zero-order chi connectivity index (χ0) is 25.3. The minimum Gasteiger partial charge on any atom is -0.382 e. The summed E-state index contributed by atoms with van der Waals surface area (Å²) in [5, 5.41) is 10.2. The Labute approximate surface area is 209 Å². The first-order valence-corrected chi connectivity index (χ1v) is 12.8. The molecule has 0 radical (unpaired) electrons. The lowest BCUT2D eigenvalue weighted by atomic mass is 9.79. The van der Waals surface area contributed by atoms with Crippen molar-refractivity contribution in [2.45, 2.75) is 57.1 Å². The number of hydrogen-bond acceptors (Lipinski definition) is 6. The van der Waals surface area contributed by atoms with Crippen LogP contribution in [-0.2, 0) is 4.74 Å². The van der Waals surface area contributed by atoms with Gasteiger partial charge in [0, 0.05) is 29.9 Å². The van der Waals surface area contributed by atoms with Crippen molar-refractivity contribution in [1.29, 1.82) is 0 Å². The normalized spacial score (nSPS) is 18.4. The molecule has 2 fully saturated rings. The van der Waals surface area contributed by atoms with E-state index in [1.165, 1.54) is 5.69 Å². The Morgan fingerprint density at radius 3 is 2.09 bits per heavy atom. The van der Waals surface area contributed by atoms with Crippen molar-refractivity contribution in [3.8, 4) is 0 Å². The van der Waals surface area contributed by atoms with Gasteiger partial charge < -0.3 is 14.7 Å². The van der Waals surface area contributed by atoms with E-state index in [-0.39, 0.29) is 17.6 Å². The molecule has 2 aliphatic rings. The van der Waals surface area contributed by atoms with Crippen LogP contribution in [-0.4, -0.2) is 73.6 Å². The number of nitrogens with zero attached hydrogens (tertiary/aromatic N) is 2. The molecule has 0 aromatic heterocycles. The molecular weight excluding hydrogens is 440 g/mol. The van der Waals surface area contributed by atoms with Crippen LogP contribution >= 0.6 is 0 Å². The topological polar surface area (TPSA) is 70.1 Å². The number of carbonyl (C=O) groups excluding carboxylic acids is 2. The van der Waals surface area contributed by atoms with E-state index in [4.69, 9.17) is 4.74 Å². The molecule has 6 nitrogen and oxygen atoms in total. The molecule has 0 amide bonds. The van der Waals surface area contributed by atoms with E-state index in [9.17, 15) is 14.7 Å². The fourth-order valence-corrected chi connectivity index (χ4v) is 4.86. The van der Waals surface area contributed by atoms with Crippen molar-refractivity contribution in [1.82, 2.24) is 4.90 Å². The van der Waals surface area contributed by atoms with Crippen molar-refractivity contribution in [2.75, 3.05) is 45.3 Å². The van der Waals surface area contributed by atoms with E-state index in [0.29, 0.717) is 18.4 Å². The van der Waals surface area contributed by atoms with Crippen LogP contribution in [0.1, 0.15) is 66.2 Å². The van der Waals surface area contributed by atoms with Crippen LogP contribution in [0.4, 0.5) is 5.69 Å². The van der Waals surface area contributed by atoms with Gasteiger partial charge in [-0.2, -0.15) is 0 Å². The number of likely N-dealkylation sites (N-methyl/N-ethyl adjacent to an activating group) is 1. The lowest BCUT2D eigenvalue weighted by molar-refractivity contribution is 0.0116. The van der Waals surface area contributed by atoms with Crippen LogP contribution in [0.2, 0.25) is 0 Å². The first-order chi connectivity index (χ1) is 16.9. The largest absolute Gasteiger partial charge is 0.382 e. The number of morpholine rings is 1. The van der Waals surface area contributed by atoms with E-state index >= 15 is 0 Å². The summed E-state index contributed by atoms with van der Waals surface area (Å²) in [6, 6.07) is 17.0. The van der Waals surface area contributed by atoms with Gasteiger partial charge in [-0.05, 0) is 57.6 Å². The number of ketones is 2. The number of hydrogen-bond donors (Lipinski definition) is 1. The molecule has 1 N–H and O–H groups in total. The molecule has 1 heterocycles. The second kappa shape index (κ2) is 13.0. The standard InChI is InChI=1S/C16H24N2O2.C13H16O2/c1-4-15(17(2)3)16(19)13-5-7-14(8-6-13)18-9-11-20-12-10-18;14-12(11-7-3-1-4-8-11)13(15)9-5-2-6-10-13/h5-8,15H,4,9-12H2,1-3H3;1,3-4,7-8,15H,2,5-6,9-10H2. The molecule has 1 unspecified atom stereocenters. The third-order valence-corrected chi connectivity index (χ3v) is 6.98. The summed E-state index contributed by atoms with van der Waals surface area (Å²) in [6.45, 7) is 5.44. The summed E-state index contributed by atoms with van der Waals surface area (Å²) >= 11 is 0. The second-order valence-electron chi connectivity index (χ2n) is 9.69. The Hall–Kier alpha value is -2.54. The highest BCUT2D eigenvalue weighted by Crippen LogP contribution is 2.31. The van der Waals surface area contributed by atoms with Crippen LogP contribution < -0.4 is 4.90 Å². The monoisotopic (exact) mass is 480 g/mol. The predicted molar refractivity (Wildman–Crippen MR) is 140 cm³/mol. The summed E-state index contributed by atoms with van der Waals surface area (Å²) in [4.78, 5) is 28.8. The van der Waals surface area contributed by atoms with Gasteiger partial charge >= 0.3 is 0 Å². The number of aliphatic hydroxyl groups is 1. The van der Waals surface area contributed by atoms with Gasteiger partial charge in [-0.1, -0.05) is 56.5 Å². The van der Waals surface area contributed by atoms with Crippen LogP contribution in [0.25, 0.3) is 0 Å². The van der Waals surface area contributed by atoms with Crippen molar-refractivity contribution < 1.29 is 19.4 Å². The Morgan fingerprint density at radius 1 is 0.943 bits per heavy atom. The average Bonchev–Trinajstić information content (AvgIpc) is 2.90. The number of benzene rings is 2. The zero-order valence-electron chi connectivity index (χ0n) is 21.4. The lowest BCUT2D eigenvalue weighted by Gasteiger charge is -2.30. The van der Waals surface area contributed by atoms with E-state index in [1.807, 2.05) is 68.4 Å². The summed E-state index contributed by atoms with van der Waals surface area (Å²) in [6.07, 6.45) is 5.09. The molecule has 2 aromatic rings. The summed E-state index contributed by atoms with van der Waals surface area (Å²) in [5.41, 5.74) is 1.49. The highest BCUT2D eigenvalue weighted by Gasteiger charge is 2.37. The van der Waals surface area contributed by atoms with E-state index < -0.39 is 5.60 Å². The van der Waals surface area contributed by atoms with Gasteiger partial charge in [0.15, 0.2) is 11.6 Å². The molecular formula is C29H40N2O4. The summed E-state index contributed by atoms with van der Waals surface area (Å²) < 4.78 is 5.35. The minimum atomic E-state index is -1.10.